The van der Waals surface area contributed by atoms with Crippen LogP contribution in [0, 0.1) is 47.4 Å². The highest BCUT2D eigenvalue weighted by Gasteiger charge is 2.07. The van der Waals surface area contributed by atoms with Gasteiger partial charge in [-0.05, 0) is 74.0 Å². The van der Waals surface area contributed by atoms with E-state index in [4.69, 9.17) is 0 Å². The molecule has 0 aromatic heterocycles. The zero-order valence-electron chi connectivity index (χ0n) is 32.9. The number of hydrogen-bond acceptors (Lipinski definition) is 2. The van der Waals surface area contributed by atoms with Crippen molar-refractivity contribution < 1.29 is 9.59 Å². The Kier molecular flexibility index (Phi) is 33.5. The second-order valence-corrected chi connectivity index (χ2v) is 15.7. The van der Waals surface area contributed by atoms with Crippen LogP contribution in [0.3, 0.4) is 0 Å². The maximum atomic E-state index is 12.1. The Labute approximate surface area is 300 Å². The number of hydrogen-bond donors (Lipinski definition) is 2. The molecule has 2 atom stereocenters. The van der Waals surface area contributed by atoms with E-state index >= 15 is 0 Å². The lowest BCUT2D eigenvalue weighted by Gasteiger charge is -2.13. The zero-order chi connectivity index (χ0) is 35.5. The summed E-state index contributed by atoms with van der Waals surface area (Å²) in [6.07, 6.45) is 29.9. The van der Waals surface area contributed by atoms with Crippen molar-refractivity contribution in [2.75, 3.05) is 13.1 Å². The van der Waals surface area contributed by atoms with Crippen molar-refractivity contribution in [2.24, 2.45) is 23.7 Å². The van der Waals surface area contributed by atoms with Crippen molar-refractivity contribution >= 4 is 11.8 Å². The molecule has 0 radical (unpaired) electrons. The van der Waals surface area contributed by atoms with Gasteiger partial charge in [0, 0.05) is 38.8 Å². The number of amides is 2. The van der Waals surface area contributed by atoms with Crippen LogP contribution < -0.4 is 10.6 Å². The lowest BCUT2D eigenvalue weighted by Crippen LogP contribution is -2.25. The minimum absolute atomic E-state index is 0.231. The van der Waals surface area contributed by atoms with Crippen LogP contribution in [-0.2, 0) is 9.59 Å². The monoisotopic (exact) mass is 669 g/mol. The minimum Gasteiger partial charge on any atom is -0.356 e. The summed E-state index contributed by atoms with van der Waals surface area (Å²) in [5.74, 6) is 16.0. The molecule has 48 heavy (non-hydrogen) atoms. The largest absolute Gasteiger partial charge is 0.356 e. The van der Waals surface area contributed by atoms with Crippen LogP contribution in [0.25, 0.3) is 0 Å². The van der Waals surface area contributed by atoms with Crippen molar-refractivity contribution in [1.29, 1.82) is 0 Å². The zero-order valence-corrected chi connectivity index (χ0v) is 32.9. The van der Waals surface area contributed by atoms with Crippen LogP contribution in [0.1, 0.15) is 208 Å². The minimum atomic E-state index is 0.231. The summed E-state index contributed by atoms with van der Waals surface area (Å²) in [5, 5.41) is 6.23. The molecule has 0 aromatic rings. The number of carbonyl (C=O) groups is 2. The maximum Gasteiger partial charge on any atom is 0.219 e. The SMILES string of the molecule is CC(C)CCCC(C)CCNC(=O)CCCCCCCCCC#CC#CCCCCCCCCCC(=O)NCCC(C)CCCC(C)C. The van der Waals surface area contributed by atoms with Crippen LogP contribution in [0.4, 0.5) is 0 Å². The fourth-order valence-corrected chi connectivity index (χ4v) is 6.11. The molecule has 0 saturated heterocycles. The third kappa shape index (κ3) is 36.9. The van der Waals surface area contributed by atoms with Crippen LogP contribution >= 0.6 is 0 Å². The summed E-state index contributed by atoms with van der Waals surface area (Å²) < 4.78 is 0. The van der Waals surface area contributed by atoms with Crippen molar-refractivity contribution in [3.05, 3.63) is 0 Å². The number of carbonyl (C=O) groups excluding carboxylic acids is 2. The van der Waals surface area contributed by atoms with E-state index in [1.807, 2.05) is 0 Å². The molecule has 0 fully saturated rings. The fraction of sp³-hybridized carbons (Fsp3) is 0.864. The van der Waals surface area contributed by atoms with Gasteiger partial charge in [-0.25, -0.2) is 0 Å². The summed E-state index contributed by atoms with van der Waals surface area (Å²) >= 11 is 0. The van der Waals surface area contributed by atoms with Gasteiger partial charge in [-0.3, -0.25) is 9.59 Å². The first-order valence-corrected chi connectivity index (χ1v) is 20.7. The molecule has 278 valence electrons. The molecule has 0 spiro atoms. The van der Waals surface area contributed by atoms with E-state index in [0.717, 1.165) is 89.1 Å². The predicted octanol–water partition coefficient (Wildman–Crippen LogP) is 12.0. The second kappa shape index (κ2) is 34.9. The molecule has 0 aliphatic heterocycles. The smallest absolute Gasteiger partial charge is 0.219 e. The number of nitrogens with one attached hydrogen (secondary N) is 2. The molecule has 0 saturated carbocycles. The summed E-state index contributed by atoms with van der Waals surface area (Å²) in [7, 11) is 0. The first-order valence-electron chi connectivity index (χ1n) is 20.7. The van der Waals surface area contributed by atoms with Crippen LogP contribution in [0.15, 0.2) is 0 Å². The molecule has 2 amide bonds. The Bertz CT molecular complexity index is 800. The Morgan fingerprint density at radius 2 is 0.750 bits per heavy atom. The van der Waals surface area contributed by atoms with Gasteiger partial charge < -0.3 is 10.6 Å². The second-order valence-electron chi connectivity index (χ2n) is 15.7. The van der Waals surface area contributed by atoms with Gasteiger partial charge in [-0.15, -0.1) is 0 Å². The highest BCUT2D eigenvalue weighted by molar-refractivity contribution is 5.76. The Balaban J connectivity index is 3.43. The molecule has 2 unspecified atom stereocenters. The van der Waals surface area contributed by atoms with Gasteiger partial charge in [0.1, 0.15) is 0 Å². The normalized spacial score (nSPS) is 12.2. The average molecular weight is 669 g/mol. The third-order valence-electron chi connectivity index (χ3n) is 9.53. The van der Waals surface area contributed by atoms with Gasteiger partial charge in [0.05, 0.1) is 0 Å². The quantitative estimate of drug-likeness (QED) is 0.0553. The summed E-state index contributed by atoms with van der Waals surface area (Å²) in [4.78, 5) is 24.1. The average Bonchev–Trinajstić information content (AvgIpc) is 3.03. The molecule has 0 heterocycles. The fourth-order valence-electron chi connectivity index (χ4n) is 6.11. The van der Waals surface area contributed by atoms with E-state index in [1.165, 1.54) is 89.9 Å². The van der Waals surface area contributed by atoms with E-state index in [2.05, 4.69) is 75.9 Å². The van der Waals surface area contributed by atoms with Crippen LogP contribution in [0.2, 0.25) is 0 Å². The molecule has 2 N–H and O–H groups in total. The van der Waals surface area contributed by atoms with E-state index < -0.39 is 0 Å². The van der Waals surface area contributed by atoms with E-state index in [9.17, 15) is 9.59 Å². The van der Waals surface area contributed by atoms with Crippen molar-refractivity contribution in [3.63, 3.8) is 0 Å². The molecule has 0 rings (SSSR count). The Morgan fingerprint density at radius 1 is 0.417 bits per heavy atom. The van der Waals surface area contributed by atoms with Crippen LogP contribution in [0.5, 0.6) is 0 Å². The topological polar surface area (TPSA) is 58.2 Å². The van der Waals surface area contributed by atoms with Crippen molar-refractivity contribution in [1.82, 2.24) is 10.6 Å². The lowest BCUT2D eigenvalue weighted by atomic mass is 9.97. The summed E-state index contributed by atoms with van der Waals surface area (Å²) in [5.41, 5.74) is 0. The highest BCUT2D eigenvalue weighted by atomic mass is 16.2. The lowest BCUT2D eigenvalue weighted by molar-refractivity contribution is -0.122. The number of unbranched alkanes of at least 4 members (excludes halogenated alkanes) is 14. The Morgan fingerprint density at radius 3 is 1.10 bits per heavy atom. The first kappa shape index (κ1) is 46.1. The first-order chi connectivity index (χ1) is 23.2. The van der Waals surface area contributed by atoms with Gasteiger partial charge in [0.15, 0.2) is 0 Å². The van der Waals surface area contributed by atoms with Gasteiger partial charge in [-0.2, -0.15) is 0 Å². The molecule has 0 aliphatic carbocycles. The molecule has 0 bridgehead atoms. The predicted molar refractivity (Wildman–Crippen MR) is 210 cm³/mol. The molecule has 4 heteroatoms. The van der Waals surface area contributed by atoms with Gasteiger partial charge in [0.25, 0.3) is 0 Å². The van der Waals surface area contributed by atoms with Gasteiger partial charge >= 0.3 is 0 Å². The van der Waals surface area contributed by atoms with Gasteiger partial charge in [0.2, 0.25) is 11.8 Å². The summed E-state index contributed by atoms with van der Waals surface area (Å²) in [6, 6.07) is 0. The number of rotatable bonds is 32. The molecule has 0 aliphatic rings. The van der Waals surface area contributed by atoms with E-state index in [-0.39, 0.29) is 11.8 Å². The molecular formula is C44H80N2O2. The van der Waals surface area contributed by atoms with E-state index in [0.29, 0.717) is 24.7 Å². The summed E-state index contributed by atoms with van der Waals surface area (Å²) in [6.45, 7) is 15.4. The van der Waals surface area contributed by atoms with E-state index in [1.54, 1.807) is 0 Å². The van der Waals surface area contributed by atoms with Crippen molar-refractivity contribution in [2.45, 2.75) is 208 Å². The third-order valence-corrected chi connectivity index (χ3v) is 9.53. The van der Waals surface area contributed by atoms with Crippen LogP contribution in [-0.4, -0.2) is 24.9 Å². The van der Waals surface area contributed by atoms with Crippen molar-refractivity contribution in [3.8, 4) is 23.7 Å². The standard InChI is InChI=1S/C44H80N2O2/c1-39(2)29-27-31-41(5)35-37-45-43(47)33-25-23-21-19-17-15-13-11-9-7-8-10-12-14-16-18-20-22-24-26-34-44(48)46-38-36-42(6)32-28-30-40(3)4/h39-42H,11-38H2,1-6H3,(H,45,47)(H,46,48). The molecule has 0 aromatic carbocycles. The molecular weight excluding hydrogens is 588 g/mol. The maximum absolute atomic E-state index is 12.1. The highest BCUT2D eigenvalue weighted by Crippen LogP contribution is 2.16. The molecule has 4 nitrogen and oxygen atoms in total. The Hall–Kier alpha value is -1.94. The van der Waals surface area contributed by atoms with Gasteiger partial charge in [-0.1, -0.05) is 156 Å².